The lowest BCUT2D eigenvalue weighted by atomic mass is 9.89. The predicted octanol–water partition coefficient (Wildman–Crippen LogP) is 4.68. The van der Waals surface area contributed by atoms with Gasteiger partial charge in [-0.15, -0.1) is 0 Å². The Hall–Kier alpha value is -3.40. The lowest BCUT2D eigenvalue weighted by Crippen LogP contribution is -2.30. The van der Waals surface area contributed by atoms with E-state index in [0.29, 0.717) is 5.56 Å². The van der Waals surface area contributed by atoms with Crippen LogP contribution < -0.4 is 5.32 Å². The Morgan fingerprint density at radius 1 is 0.926 bits per heavy atom. The highest BCUT2D eigenvalue weighted by molar-refractivity contribution is 6.07. The average molecular weight is 353 g/mol. The van der Waals surface area contributed by atoms with E-state index in [1.165, 1.54) is 11.1 Å². The maximum Gasteiger partial charge on any atom is 0.252 e. The van der Waals surface area contributed by atoms with Crippen LogP contribution in [-0.2, 0) is 0 Å². The molecule has 0 fully saturated rings. The van der Waals surface area contributed by atoms with Crippen molar-refractivity contribution in [1.82, 2.24) is 15.3 Å². The molecule has 1 unspecified atom stereocenters. The van der Waals surface area contributed by atoms with Gasteiger partial charge in [0.25, 0.3) is 5.91 Å². The highest BCUT2D eigenvalue weighted by Crippen LogP contribution is 2.38. The molecule has 27 heavy (non-hydrogen) atoms. The summed E-state index contributed by atoms with van der Waals surface area (Å²) in [4.78, 5) is 20.9. The Kier molecular flexibility index (Phi) is 3.41. The topological polar surface area (TPSA) is 57.8 Å². The third kappa shape index (κ3) is 2.37. The Morgan fingerprint density at radius 2 is 1.74 bits per heavy atom. The molecule has 0 radical (unpaired) electrons. The van der Waals surface area contributed by atoms with E-state index in [1.807, 2.05) is 36.5 Å². The maximum absolute atomic E-state index is 13.1. The van der Waals surface area contributed by atoms with Gasteiger partial charge in [-0.1, -0.05) is 36.4 Å². The van der Waals surface area contributed by atoms with Gasteiger partial charge >= 0.3 is 0 Å². The van der Waals surface area contributed by atoms with Crippen molar-refractivity contribution in [3.63, 3.8) is 0 Å². The second kappa shape index (κ2) is 5.81. The van der Waals surface area contributed by atoms with Crippen LogP contribution in [-0.4, -0.2) is 15.9 Å². The van der Waals surface area contributed by atoms with Crippen LogP contribution in [0.5, 0.6) is 0 Å². The van der Waals surface area contributed by atoms with Crippen LogP contribution in [0.25, 0.3) is 22.2 Å². The van der Waals surface area contributed by atoms with Gasteiger partial charge < -0.3 is 10.3 Å². The number of carbonyl (C=O) groups excluding carboxylic acids is 1. The number of carbonyl (C=O) groups is 1. The van der Waals surface area contributed by atoms with Crippen molar-refractivity contribution in [2.45, 2.75) is 19.9 Å². The standard InChI is InChI=1S/C23H19N3O/c1-13-7-8-15(11-14(13)2)21-19-12-25-22-20(19)17(9-10-24-22)16-5-3-4-6-18(16)23(27)26-21/h3-12,21H,1-2H3,(H,24,25)(H,26,27). The predicted molar refractivity (Wildman–Crippen MR) is 107 cm³/mol. The minimum Gasteiger partial charge on any atom is -0.346 e. The van der Waals surface area contributed by atoms with E-state index >= 15 is 0 Å². The summed E-state index contributed by atoms with van der Waals surface area (Å²) >= 11 is 0. The highest BCUT2D eigenvalue weighted by Gasteiger charge is 2.27. The molecule has 3 heterocycles. The van der Waals surface area contributed by atoms with Crippen LogP contribution in [0.1, 0.15) is 38.7 Å². The lowest BCUT2D eigenvalue weighted by molar-refractivity contribution is 0.0943. The van der Waals surface area contributed by atoms with Crippen LogP contribution in [0.3, 0.4) is 0 Å². The van der Waals surface area contributed by atoms with Crippen molar-refractivity contribution >= 4 is 16.9 Å². The minimum atomic E-state index is -0.234. The molecule has 0 saturated heterocycles. The number of hydrogen-bond donors (Lipinski definition) is 2. The lowest BCUT2D eigenvalue weighted by Gasteiger charge is -2.24. The first-order chi connectivity index (χ1) is 13.1. The molecule has 0 saturated carbocycles. The molecule has 5 rings (SSSR count). The average Bonchev–Trinajstić information content (AvgIpc) is 3.11. The van der Waals surface area contributed by atoms with Gasteiger partial charge in [-0.3, -0.25) is 4.79 Å². The van der Waals surface area contributed by atoms with Gasteiger partial charge in [0.1, 0.15) is 5.65 Å². The van der Waals surface area contributed by atoms with E-state index in [-0.39, 0.29) is 11.9 Å². The summed E-state index contributed by atoms with van der Waals surface area (Å²) in [6.07, 6.45) is 3.76. The first-order valence-electron chi connectivity index (χ1n) is 9.07. The molecule has 1 aliphatic heterocycles. The summed E-state index contributed by atoms with van der Waals surface area (Å²) in [5.41, 5.74) is 8.05. The number of amides is 1. The fourth-order valence-corrected chi connectivity index (χ4v) is 3.94. The van der Waals surface area contributed by atoms with Crippen molar-refractivity contribution in [1.29, 1.82) is 0 Å². The zero-order valence-corrected chi connectivity index (χ0v) is 15.2. The minimum absolute atomic E-state index is 0.0642. The molecular weight excluding hydrogens is 334 g/mol. The summed E-state index contributed by atoms with van der Waals surface area (Å²) in [5.74, 6) is -0.0642. The summed E-state index contributed by atoms with van der Waals surface area (Å²) in [7, 11) is 0. The SMILES string of the molecule is Cc1ccc(C2NC(=O)c3ccccc3-c3ccnc4[nH]cc2c34)cc1C. The number of pyridine rings is 1. The van der Waals surface area contributed by atoms with Gasteiger partial charge in [0.15, 0.2) is 0 Å². The second-order valence-electron chi connectivity index (χ2n) is 7.12. The van der Waals surface area contributed by atoms with Crippen molar-refractivity contribution in [2.75, 3.05) is 0 Å². The van der Waals surface area contributed by atoms with E-state index < -0.39 is 0 Å². The number of nitrogens with one attached hydrogen (secondary N) is 2. The number of benzene rings is 2. The number of aryl methyl sites for hydroxylation is 2. The first kappa shape index (κ1) is 15.8. The third-order valence-electron chi connectivity index (χ3n) is 5.52. The first-order valence-corrected chi connectivity index (χ1v) is 9.07. The van der Waals surface area contributed by atoms with Crippen molar-refractivity contribution in [2.24, 2.45) is 0 Å². The van der Waals surface area contributed by atoms with Crippen LogP contribution in [0.4, 0.5) is 0 Å². The van der Waals surface area contributed by atoms with E-state index in [1.54, 1.807) is 6.20 Å². The number of aromatic amines is 1. The molecule has 4 aromatic rings. The molecule has 1 amide bonds. The number of rotatable bonds is 1. The van der Waals surface area contributed by atoms with E-state index in [4.69, 9.17) is 0 Å². The van der Waals surface area contributed by atoms with Crippen molar-refractivity contribution < 1.29 is 4.79 Å². The third-order valence-corrected chi connectivity index (χ3v) is 5.52. The van der Waals surface area contributed by atoms with Crippen LogP contribution in [0.2, 0.25) is 0 Å². The van der Waals surface area contributed by atoms with Gasteiger partial charge in [-0.05, 0) is 53.8 Å². The van der Waals surface area contributed by atoms with Crippen LogP contribution in [0.15, 0.2) is 60.9 Å². The molecule has 2 aromatic heterocycles. The van der Waals surface area contributed by atoms with Gasteiger partial charge in [-0.25, -0.2) is 4.98 Å². The van der Waals surface area contributed by atoms with Gasteiger partial charge in [0, 0.05) is 28.9 Å². The molecule has 1 atom stereocenters. The van der Waals surface area contributed by atoms with E-state index in [2.05, 4.69) is 47.3 Å². The number of aromatic nitrogens is 2. The highest BCUT2D eigenvalue weighted by atomic mass is 16.1. The molecule has 1 aliphatic rings. The molecule has 132 valence electrons. The van der Waals surface area contributed by atoms with Crippen LogP contribution >= 0.6 is 0 Å². The Bertz CT molecular complexity index is 1210. The van der Waals surface area contributed by atoms with Gasteiger partial charge in [0.05, 0.1) is 6.04 Å². The molecule has 0 aliphatic carbocycles. The fraction of sp³-hybridized carbons (Fsp3) is 0.130. The van der Waals surface area contributed by atoms with E-state index in [0.717, 1.165) is 33.3 Å². The number of fused-ring (bicyclic) bond motifs is 2. The number of hydrogen-bond acceptors (Lipinski definition) is 2. The molecular formula is C23H19N3O. The smallest absolute Gasteiger partial charge is 0.252 e. The second-order valence-corrected chi connectivity index (χ2v) is 7.12. The molecule has 2 N–H and O–H groups in total. The fourth-order valence-electron chi connectivity index (χ4n) is 3.94. The quantitative estimate of drug-likeness (QED) is 0.522. The summed E-state index contributed by atoms with van der Waals surface area (Å²) in [6.45, 7) is 4.20. The zero-order chi connectivity index (χ0) is 18.5. The Labute approximate surface area is 157 Å². The van der Waals surface area contributed by atoms with Crippen LogP contribution in [0, 0.1) is 13.8 Å². The molecule has 4 heteroatoms. The normalized spacial score (nSPS) is 15.8. The molecule has 0 spiro atoms. The monoisotopic (exact) mass is 353 g/mol. The van der Waals surface area contributed by atoms with Gasteiger partial charge in [-0.2, -0.15) is 0 Å². The Morgan fingerprint density at radius 3 is 2.56 bits per heavy atom. The summed E-state index contributed by atoms with van der Waals surface area (Å²) in [5, 5.41) is 4.30. The van der Waals surface area contributed by atoms with E-state index in [9.17, 15) is 4.79 Å². The largest absolute Gasteiger partial charge is 0.346 e. The molecule has 4 nitrogen and oxygen atoms in total. The van der Waals surface area contributed by atoms with Crippen molar-refractivity contribution in [3.8, 4) is 11.1 Å². The van der Waals surface area contributed by atoms with Gasteiger partial charge in [0.2, 0.25) is 0 Å². The summed E-state index contributed by atoms with van der Waals surface area (Å²) < 4.78 is 0. The maximum atomic E-state index is 13.1. The molecule has 2 aromatic carbocycles. The van der Waals surface area contributed by atoms with Crippen molar-refractivity contribution in [3.05, 3.63) is 88.7 Å². The number of H-pyrrole nitrogens is 1. The molecule has 0 bridgehead atoms. The zero-order valence-electron chi connectivity index (χ0n) is 15.2. The summed E-state index contributed by atoms with van der Waals surface area (Å²) in [6, 6.07) is 15.9. The Balaban J connectivity index is 1.84. The number of nitrogens with zero attached hydrogens (tertiary/aromatic N) is 1.